The number of rotatable bonds is 16. The van der Waals surface area contributed by atoms with Crippen molar-refractivity contribution < 1.29 is 78.0 Å². The van der Waals surface area contributed by atoms with E-state index in [0.717, 1.165) is 31.2 Å². The van der Waals surface area contributed by atoms with Crippen LogP contribution in [0.4, 0.5) is 0 Å². The quantitative estimate of drug-likeness (QED) is 0.121. The molecule has 3 saturated carbocycles. The molecule has 0 radical (unpaired) electrons. The molecule has 13 unspecified atom stereocenters. The summed E-state index contributed by atoms with van der Waals surface area (Å²) in [4.78, 5) is 65.1. The molecule has 1 aromatic carbocycles. The molecular formula is C46H63N3O16. The molecule has 0 spiro atoms. The monoisotopic (exact) mass is 913 g/mol. The van der Waals surface area contributed by atoms with Gasteiger partial charge in [0.15, 0.2) is 18.1 Å². The summed E-state index contributed by atoms with van der Waals surface area (Å²) in [5.74, 6) is -2.48. The number of hydrogen-bond donors (Lipinski definition) is 6. The van der Waals surface area contributed by atoms with Crippen molar-refractivity contribution in [2.45, 2.75) is 170 Å². The van der Waals surface area contributed by atoms with Gasteiger partial charge in [0, 0.05) is 31.2 Å². The lowest BCUT2D eigenvalue weighted by atomic mass is 9.62. The highest BCUT2D eigenvalue weighted by molar-refractivity contribution is 5.96. The van der Waals surface area contributed by atoms with E-state index in [9.17, 15) is 39.9 Å². The topological polar surface area (TPSA) is 253 Å². The van der Waals surface area contributed by atoms with Crippen molar-refractivity contribution in [1.29, 1.82) is 0 Å². The fourth-order valence-electron chi connectivity index (χ4n) is 10.9. The highest BCUT2D eigenvalue weighted by Gasteiger charge is 2.78. The summed E-state index contributed by atoms with van der Waals surface area (Å²) in [6.45, 7) is 4.48. The maximum Gasteiger partial charge on any atom is 0.327 e. The Morgan fingerprint density at radius 2 is 1.71 bits per heavy atom. The molecule has 9 rings (SSSR count). The number of ether oxygens (including phenoxy) is 6. The predicted octanol–water partition coefficient (Wildman–Crippen LogP) is 0.207. The molecule has 19 nitrogen and oxygen atoms in total. The van der Waals surface area contributed by atoms with Crippen LogP contribution in [0.25, 0.3) is 6.08 Å². The van der Waals surface area contributed by atoms with Crippen LogP contribution in [0.3, 0.4) is 0 Å². The first-order valence-corrected chi connectivity index (χ1v) is 23.2. The van der Waals surface area contributed by atoms with Crippen molar-refractivity contribution in [3.05, 3.63) is 41.5 Å². The third-order valence-electron chi connectivity index (χ3n) is 14.3. The first-order chi connectivity index (χ1) is 31.1. The second kappa shape index (κ2) is 18.1. The first-order valence-electron chi connectivity index (χ1n) is 23.2. The average Bonchev–Trinajstić information content (AvgIpc) is 4.20. The minimum absolute atomic E-state index is 0.0259. The number of nitrogens with one attached hydrogen (secondary N) is 1. The van der Waals surface area contributed by atoms with Crippen LogP contribution >= 0.6 is 0 Å². The zero-order valence-electron chi connectivity index (χ0n) is 37.1. The number of aliphatic hydroxyl groups is 5. The van der Waals surface area contributed by atoms with E-state index in [4.69, 9.17) is 33.3 Å². The Labute approximate surface area is 377 Å². The molecule has 0 aromatic heterocycles. The Morgan fingerprint density at radius 1 is 0.985 bits per heavy atom. The van der Waals surface area contributed by atoms with Gasteiger partial charge in [-0.3, -0.25) is 24.0 Å². The lowest BCUT2D eigenvalue weighted by molar-refractivity contribution is -0.298. The third kappa shape index (κ3) is 8.75. The standard InChI is InChI=1S/C46H63N3O16/c1-44(2,3)62-32(52)17-16-28(22-50)47-40(56)29-11-6-18-48(29)43(58)45-20-30-36-37(64-46(63-36,26-12-13-26)27-14-15-27)39(45)65-49(38(45)41(57)60-30)21-25-9-5-4-8-24(25)10-7-19-59-42-35(55)34(54)33(53)31(23-51)61-42/h4-5,7-10,26-31,33-39,42,50-51,53-55H,6,11-23H2,1-3H3,(H,47,56). The molecule has 65 heavy (non-hydrogen) atoms. The third-order valence-corrected chi connectivity index (χ3v) is 14.3. The molecule has 6 N–H and O–H groups in total. The Hall–Kier alpha value is -3.60. The number of fused-ring (bicyclic) bond motifs is 4. The first kappa shape index (κ1) is 46.5. The van der Waals surface area contributed by atoms with E-state index < -0.39 is 127 Å². The van der Waals surface area contributed by atoms with Crippen LogP contribution in [0.5, 0.6) is 0 Å². The molecule has 5 aliphatic heterocycles. The van der Waals surface area contributed by atoms with Crippen LogP contribution in [0.1, 0.15) is 89.7 Å². The molecule has 1 aromatic rings. The molecule has 8 fully saturated rings. The predicted molar refractivity (Wildman–Crippen MR) is 223 cm³/mol. The summed E-state index contributed by atoms with van der Waals surface area (Å²) in [6, 6.07) is 4.48. The minimum Gasteiger partial charge on any atom is -0.460 e. The maximum absolute atomic E-state index is 15.6. The van der Waals surface area contributed by atoms with Crippen molar-refractivity contribution in [2.75, 3.05) is 26.4 Å². The number of aliphatic hydroxyl groups excluding tert-OH is 5. The molecule has 2 amide bonds. The maximum atomic E-state index is 15.6. The van der Waals surface area contributed by atoms with Crippen LogP contribution in [-0.2, 0) is 59.0 Å². The molecule has 13 atom stereocenters. The summed E-state index contributed by atoms with van der Waals surface area (Å²) >= 11 is 0. The van der Waals surface area contributed by atoms with E-state index in [0.29, 0.717) is 18.4 Å². The van der Waals surface area contributed by atoms with Crippen molar-refractivity contribution in [3.8, 4) is 0 Å². The number of nitrogens with zero attached hydrogens (tertiary/aromatic N) is 2. The Kier molecular flexibility index (Phi) is 13.0. The fourth-order valence-corrected chi connectivity index (χ4v) is 10.9. The average molecular weight is 914 g/mol. The number of carbonyl (C=O) groups is 4. The number of hydrogen-bond acceptors (Lipinski definition) is 17. The van der Waals surface area contributed by atoms with Gasteiger partial charge in [0.25, 0.3) is 0 Å². The number of esters is 2. The van der Waals surface area contributed by atoms with Gasteiger partial charge in [0.05, 0.1) is 32.4 Å². The Bertz CT molecular complexity index is 1970. The van der Waals surface area contributed by atoms with Crippen LogP contribution in [-0.4, -0.2) is 170 Å². The van der Waals surface area contributed by atoms with Crippen molar-refractivity contribution in [3.63, 3.8) is 0 Å². The van der Waals surface area contributed by atoms with Gasteiger partial charge in [-0.15, -0.1) is 0 Å². The molecule has 2 bridgehead atoms. The van der Waals surface area contributed by atoms with Crippen LogP contribution in [0.15, 0.2) is 30.3 Å². The van der Waals surface area contributed by atoms with Crippen molar-refractivity contribution in [2.24, 2.45) is 17.3 Å². The second-order valence-electron chi connectivity index (χ2n) is 20.0. The summed E-state index contributed by atoms with van der Waals surface area (Å²) in [6.07, 6.45) is -1.99. The van der Waals surface area contributed by atoms with E-state index >= 15 is 4.79 Å². The van der Waals surface area contributed by atoms with Crippen LogP contribution in [0.2, 0.25) is 0 Å². The van der Waals surface area contributed by atoms with Gasteiger partial charge in [0.1, 0.15) is 65.9 Å². The zero-order chi connectivity index (χ0) is 46.0. The summed E-state index contributed by atoms with van der Waals surface area (Å²) < 4.78 is 36.7. The van der Waals surface area contributed by atoms with Crippen molar-refractivity contribution >= 4 is 29.8 Å². The molecule has 19 heteroatoms. The molecule has 8 aliphatic rings. The van der Waals surface area contributed by atoms with Crippen molar-refractivity contribution in [1.82, 2.24) is 15.3 Å². The largest absolute Gasteiger partial charge is 0.460 e. The SMILES string of the molecule is CC(C)(C)OC(=O)CCC(CO)NC(=O)C1CCCN1C(=O)C12CC3OC(=O)C1N(Cc1ccccc1C=CCOC1OC(CO)C(O)C(O)C1O)OC2C1OC(C2CC2)(C2CC2)OC31. The van der Waals surface area contributed by atoms with Gasteiger partial charge in [-0.05, 0) is 76.8 Å². The van der Waals surface area contributed by atoms with Gasteiger partial charge in [0.2, 0.25) is 11.8 Å². The van der Waals surface area contributed by atoms with Gasteiger partial charge in [-0.25, -0.2) is 0 Å². The minimum atomic E-state index is -1.58. The molecule has 5 saturated heterocycles. The zero-order valence-corrected chi connectivity index (χ0v) is 37.1. The smallest absolute Gasteiger partial charge is 0.327 e. The fraction of sp³-hybridized carbons (Fsp3) is 0.739. The Morgan fingerprint density at radius 3 is 2.40 bits per heavy atom. The van der Waals surface area contributed by atoms with Gasteiger partial charge >= 0.3 is 11.9 Å². The van der Waals surface area contributed by atoms with E-state index in [1.54, 1.807) is 32.9 Å². The van der Waals surface area contributed by atoms with E-state index in [1.165, 1.54) is 9.96 Å². The molecule has 3 aliphatic carbocycles. The molecular weight excluding hydrogens is 851 g/mol. The van der Waals surface area contributed by atoms with E-state index in [2.05, 4.69) is 5.32 Å². The van der Waals surface area contributed by atoms with E-state index in [1.807, 2.05) is 24.3 Å². The van der Waals surface area contributed by atoms with Crippen LogP contribution < -0.4 is 5.32 Å². The summed E-state index contributed by atoms with van der Waals surface area (Å²) in [5.41, 5.74) is -0.772. The lowest BCUT2D eigenvalue weighted by Crippen LogP contribution is -2.70. The van der Waals surface area contributed by atoms with Crippen LogP contribution in [0, 0.1) is 17.3 Å². The highest BCUT2D eigenvalue weighted by Crippen LogP contribution is 2.64. The second-order valence-corrected chi connectivity index (χ2v) is 20.0. The molecule has 358 valence electrons. The number of carbonyl (C=O) groups excluding carboxylic acids is 4. The lowest BCUT2D eigenvalue weighted by Gasteiger charge is -2.50. The number of benzene rings is 1. The van der Waals surface area contributed by atoms with Gasteiger partial charge in [-0.1, -0.05) is 36.4 Å². The number of hydroxylamine groups is 2. The summed E-state index contributed by atoms with van der Waals surface area (Å²) in [7, 11) is 0. The summed E-state index contributed by atoms with van der Waals surface area (Å²) in [5, 5.41) is 54.9. The Balaban J connectivity index is 0.967. The van der Waals surface area contributed by atoms with Gasteiger partial charge < -0.3 is 64.2 Å². The number of likely N-dealkylation sites (tertiary alicyclic amines) is 1. The van der Waals surface area contributed by atoms with E-state index in [-0.39, 0.29) is 50.8 Å². The highest BCUT2D eigenvalue weighted by atomic mass is 16.8. The van der Waals surface area contributed by atoms with Gasteiger partial charge in [-0.2, -0.15) is 5.06 Å². The number of amides is 2. The normalized spacial score (nSPS) is 37.0. The molecule has 5 heterocycles.